The van der Waals surface area contributed by atoms with Gasteiger partial charge >= 0.3 is 5.97 Å². The second-order valence-electron chi connectivity index (χ2n) is 4.58. The maximum absolute atomic E-state index is 12.2. The largest absolute Gasteiger partial charge is 0.465 e. The first-order valence-electron chi connectivity index (χ1n) is 6.86. The van der Waals surface area contributed by atoms with Crippen molar-refractivity contribution >= 4 is 21.9 Å². The number of nitriles is 1. The van der Waals surface area contributed by atoms with E-state index in [1.165, 1.54) is 0 Å². The summed E-state index contributed by atoms with van der Waals surface area (Å²) < 4.78 is 5.13. The van der Waals surface area contributed by atoms with Gasteiger partial charge in [-0.1, -0.05) is 35.9 Å². The topological polar surface area (TPSA) is 50.1 Å². The zero-order chi connectivity index (χ0) is 14.9. The molecule has 0 fully saturated rings. The lowest BCUT2D eigenvalue weighted by molar-refractivity contribution is -0.150. The van der Waals surface area contributed by atoms with E-state index in [0.29, 0.717) is 24.3 Å². The molecule has 0 aliphatic heterocycles. The van der Waals surface area contributed by atoms with Crippen molar-refractivity contribution in [1.82, 2.24) is 0 Å². The monoisotopic (exact) mass is 329 g/mol. The maximum atomic E-state index is 12.2. The highest BCUT2D eigenvalue weighted by atomic mass is 79.9. The fraction of sp³-hybridized carbons (Fsp3) is 0.733. The van der Waals surface area contributed by atoms with Crippen molar-refractivity contribution in [3.05, 3.63) is 11.6 Å². The third-order valence-electron chi connectivity index (χ3n) is 3.25. The van der Waals surface area contributed by atoms with Crippen molar-refractivity contribution in [3.8, 4) is 6.07 Å². The highest BCUT2D eigenvalue weighted by Gasteiger charge is 2.42. The van der Waals surface area contributed by atoms with Gasteiger partial charge in [-0.25, -0.2) is 4.79 Å². The van der Waals surface area contributed by atoms with Gasteiger partial charge in [0.25, 0.3) is 0 Å². The van der Waals surface area contributed by atoms with Crippen molar-refractivity contribution in [3.63, 3.8) is 0 Å². The smallest absolute Gasteiger partial charge is 0.330 e. The van der Waals surface area contributed by atoms with Crippen LogP contribution >= 0.6 is 15.9 Å². The molecule has 0 aromatic carbocycles. The first kappa shape index (κ1) is 18.2. The number of esters is 1. The Labute approximate surface area is 125 Å². The molecule has 108 valence electrons. The van der Waals surface area contributed by atoms with Gasteiger partial charge in [0.05, 0.1) is 12.7 Å². The number of carbonyl (C=O) groups is 1. The lowest BCUT2D eigenvalue weighted by Crippen LogP contribution is -2.34. The van der Waals surface area contributed by atoms with Crippen LogP contribution in [0.15, 0.2) is 11.6 Å². The number of nitrogens with zero attached hydrogens (tertiary/aromatic N) is 1. The van der Waals surface area contributed by atoms with Crippen molar-refractivity contribution in [1.29, 1.82) is 5.26 Å². The molecule has 19 heavy (non-hydrogen) atoms. The van der Waals surface area contributed by atoms with Gasteiger partial charge in [-0.05, 0) is 45.1 Å². The fourth-order valence-electron chi connectivity index (χ4n) is 2.22. The molecule has 0 radical (unpaired) electrons. The molecule has 3 nitrogen and oxygen atoms in total. The predicted octanol–water partition coefficient (Wildman–Crippen LogP) is 4.37. The summed E-state index contributed by atoms with van der Waals surface area (Å²) >= 11 is 3.49. The minimum absolute atomic E-state index is 0.303. The van der Waals surface area contributed by atoms with E-state index >= 15 is 0 Å². The highest BCUT2D eigenvalue weighted by Crippen LogP contribution is 2.36. The third-order valence-corrected chi connectivity index (χ3v) is 3.70. The number of ether oxygens (including phenoxy) is 1. The summed E-state index contributed by atoms with van der Waals surface area (Å²) in [4.78, 5) is 12.6. The van der Waals surface area contributed by atoms with E-state index in [1.807, 2.05) is 19.9 Å². The summed E-state index contributed by atoms with van der Waals surface area (Å²) in [5.41, 5.74) is -0.253. The van der Waals surface area contributed by atoms with Gasteiger partial charge in [0, 0.05) is 4.83 Å². The van der Waals surface area contributed by atoms with Gasteiger partial charge in [0.2, 0.25) is 0 Å². The Balaban J connectivity index is 5.19. The first-order chi connectivity index (χ1) is 8.98. The average molecular weight is 330 g/mol. The van der Waals surface area contributed by atoms with Crippen LogP contribution in [0.1, 0.15) is 53.4 Å². The van der Waals surface area contributed by atoms with E-state index in [2.05, 4.69) is 28.9 Å². The summed E-state index contributed by atoms with van der Waals surface area (Å²) in [5.74, 6) is -0.408. The van der Waals surface area contributed by atoms with Crippen LogP contribution in [-0.2, 0) is 9.53 Å². The molecular weight excluding hydrogens is 306 g/mol. The Hall–Kier alpha value is -0.820. The van der Waals surface area contributed by atoms with Crippen LogP contribution in [0, 0.1) is 16.7 Å². The van der Waals surface area contributed by atoms with Crippen LogP contribution in [0.3, 0.4) is 0 Å². The lowest BCUT2D eigenvalue weighted by atomic mass is 9.75. The molecule has 0 saturated carbocycles. The Morgan fingerprint density at radius 3 is 2.53 bits per heavy atom. The van der Waals surface area contributed by atoms with Gasteiger partial charge < -0.3 is 4.74 Å². The third kappa shape index (κ3) is 4.99. The van der Waals surface area contributed by atoms with E-state index < -0.39 is 11.4 Å². The van der Waals surface area contributed by atoms with E-state index in [4.69, 9.17) is 4.74 Å². The molecule has 0 saturated heterocycles. The number of hydrogen-bond donors (Lipinski definition) is 0. The van der Waals surface area contributed by atoms with Crippen LogP contribution in [0.5, 0.6) is 0 Å². The number of alkyl halides is 1. The van der Waals surface area contributed by atoms with E-state index in [-0.39, 0.29) is 0 Å². The molecule has 0 spiro atoms. The zero-order valence-corrected chi connectivity index (χ0v) is 13.9. The maximum Gasteiger partial charge on any atom is 0.330 e. The molecule has 0 bridgehead atoms. The van der Waals surface area contributed by atoms with Gasteiger partial charge in [0.1, 0.15) is 0 Å². The molecule has 2 atom stereocenters. The molecule has 0 aromatic heterocycles. The molecule has 0 N–H and O–H groups in total. The summed E-state index contributed by atoms with van der Waals surface area (Å²) in [6, 6.07) is 2.22. The standard InChI is InChI=1S/C15H24BrNO2/c1-5-13(6-2)15(11-17,14(18)19-7-3)10-8-9-12(4)16/h5,12H,6-10H2,1-4H3/b13-5+. The first-order valence-corrected chi connectivity index (χ1v) is 7.78. The molecule has 0 aromatic rings. The SMILES string of the molecule is C/C=C(\CC)C(C#N)(CCCC(C)Br)C(=O)OCC. The minimum Gasteiger partial charge on any atom is -0.465 e. The minimum atomic E-state index is -1.11. The molecule has 0 aliphatic rings. The molecule has 0 aliphatic carbocycles. The van der Waals surface area contributed by atoms with Crippen molar-refractivity contribution in [2.45, 2.75) is 58.2 Å². The van der Waals surface area contributed by atoms with Gasteiger partial charge in [-0.2, -0.15) is 5.26 Å². The summed E-state index contributed by atoms with van der Waals surface area (Å²) in [6.07, 6.45) is 4.83. The van der Waals surface area contributed by atoms with E-state index in [0.717, 1.165) is 18.4 Å². The molecular formula is C15H24BrNO2. The molecule has 0 amide bonds. The van der Waals surface area contributed by atoms with Crippen LogP contribution < -0.4 is 0 Å². The normalized spacial score (nSPS) is 16.3. The number of hydrogen-bond acceptors (Lipinski definition) is 3. The van der Waals surface area contributed by atoms with Gasteiger partial charge in [-0.15, -0.1) is 0 Å². The molecule has 4 heteroatoms. The summed E-state index contributed by atoms with van der Waals surface area (Å²) in [7, 11) is 0. The van der Waals surface area contributed by atoms with Crippen molar-refractivity contribution < 1.29 is 9.53 Å². The zero-order valence-electron chi connectivity index (χ0n) is 12.3. The number of carbonyl (C=O) groups excluding carboxylic acids is 1. The van der Waals surface area contributed by atoms with Gasteiger partial charge in [0.15, 0.2) is 5.41 Å². The predicted molar refractivity (Wildman–Crippen MR) is 81.0 cm³/mol. The Morgan fingerprint density at radius 2 is 2.16 bits per heavy atom. The van der Waals surface area contributed by atoms with Crippen LogP contribution in [0.25, 0.3) is 0 Å². The Morgan fingerprint density at radius 1 is 1.53 bits per heavy atom. The molecule has 0 rings (SSSR count). The summed E-state index contributed by atoms with van der Waals surface area (Å²) in [6.45, 7) is 7.97. The second-order valence-corrected chi connectivity index (χ2v) is 6.14. The lowest BCUT2D eigenvalue weighted by Gasteiger charge is -2.27. The van der Waals surface area contributed by atoms with Gasteiger partial charge in [-0.3, -0.25) is 0 Å². The fourth-order valence-corrected chi connectivity index (χ4v) is 2.55. The molecule has 2 unspecified atom stereocenters. The molecule has 0 heterocycles. The Kier molecular flexibility index (Phi) is 8.75. The summed E-state index contributed by atoms with van der Waals surface area (Å²) in [5, 5.41) is 9.57. The highest BCUT2D eigenvalue weighted by molar-refractivity contribution is 9.09. The van der Waals surface area contributed by atoms with Crippen LogP contribution in [0.4, 0.5) is 0 Å². The number of rotatable bonds is 8. The average Bonchev–Trinajstić information content (AvgIpc) is 2.37. The number of halogens is 1. The number of allylic oxidation sites excluding steroid dienone is 1. The van der Waals surface area contributed by atoms with E-state index in [1.54, 1.807) is 6.92 Å². The van der Waals surface area contributed by atoms with E-state index in [9.17, 15) is 10.1 Å². The van der Waals surface area contributed by atoms with Crippen LogP contribution in [0.2, 0.25) is 0 Å². The van der Waals surface area contributed by atoms with Crippen LogP contribution in [-0.4, -0.2) is 17.4 Å². The quantitative estimate of drug-likeness (QED) is 0.377. The second kappa shape index (κ2) is 9.14. The van der Waals surface area contributed by atoms with Crippen molar-refractivity contribution in [2.24, 2.45) is 5.41 Å². The van der Waals surface area contributed by atoms with Crippen molar-refractivity contribution in [2.75, 3.05) is 6.61 Å². The Bertz CT molecular complexity index is 358.